The van der Waals surface area contributed by atoms with Gasteiger partial charge in [-0.25, -0.2) is 17.5 Å². The average Bonchev–Trinajstić information content (AvgIpc) is 2.38. The fourth-order valence-electron chi connectivity index (χ4n) is 2.29. The van der Waals surface area contributed by atoms with Crippen molar-refractivity contribution in [1.82, 2.24) is 4.72 Å². The summed E-state index contributed by atoms with van der Waals surface area (Å²) >= 11 is 0. The highest BCUT2D eigenvalue weighted by molar-refractivity contribution is 7.89. The monoisotopic (exact) mass is 307 g/mol. The van der Waals surface area contributed by atoms with Gasteiger partial charge in [-0.15, -0.1) is 0 Å². The first-order valence-corrected chi connectivity index (χ1v) is 8.09. The van der Waals surface area contributed by atoms with E-state index < -0.39 is 15.8 Å². The zero-order chi connectivity index (χ0) is 15.6. The number of nitrogens with one attached hydrogen (secondary N) is 1. The Kier molecular flexibility index (Phi) is 4.44. The molecule has 0 aliphatic rings. The fraction of sp³-hybridized carbons (Fsp3) is 0.250. The highest BCUT2D eigenvalue weighted by Gasteiger charge is 2.17. The molecule has 112 valence electrons. The van der Waals surface area contributed by atoms with Gasteiger partial charge in [-0.1, -0.05) is 35.4 Å². The third-order valence-electron chi connectivity index (χ3n) is 3.19. The van der Waals surface area contributed by atoms with E-state index in [-0.39, 0.29) is 11.4 Å². The largest absolute Gasteiger partial charge is 0.241 e. The van der Waals surface area contributed by atoms with Gasteiger partial charge in [0.2, 0.25) is 10.0 Å². The Morgan fingerprint density at radius 1 is 1.00 bits per heavy atom. The number of benzene rings is 2. The Hall–Kier alpha value is -1.72. The van der Waals surface area contributed by atoms with Gasteiger partial charge in [-0.3, -0.25) is 0 Å². The van der Waals surface area contributed by atoms with Gasteiger partial charge >= 0.3 is 0 Å². The van der Waals surface area contributed by atoms with Gasteiger partial charge in [0.15, 0.2) is 0 Å². The van der Waals surface area contributed by atoms with Crippen LogP contribution in [0.3, 0.4) is 0 Å². The quantitative estimate of drug-likeness (QED) is 0.942. The van der Waals surface area contributed by atoms with Crippen LogP contribution in [0.15, 0.2) is 41.3 Å². The average molecular weight is 307 g/mol. The summed E-state index contributed by atoms with van der Waals surface area (Å²) in [7, 11) is -3.73. The van der Waals surface area contributed by atoms with E-state index >= 15 is 0 Å². The lowest BCUT2D eigenvalue weighted by atomic mass is 10.1. The molecule has 0 aliphatic carbocycles. The van der Waals surface area contributed by atoms with Crippen LogP contribution in [-0.4, -0.2) is 8.42 Å². The van der Waals surface area contributed by atoms with E-state index in [2.05, 4.69) is 4.72 Å². The molecule has 1 N–H and O–H groups in total. The first kappa shape index (κ1) is 15.7. The van der Waals surface area contributed by atoms with Crippen molar-refractivity contribution in [2.24, 2.45) is 0 Å². The molecule has 0 fully saturated rings. The van der Waals surface area contributed by atoms with Crippen LogP contribution in [0.2, 0.25) is 0 Å². The van der Waals surface area contributed by atoms with Crippen molar-refractivity contribution >= 4 is 10.0 Å². The summed E-state index contributed by atoms with van der Waals surface area (Å²) in [5.41, 5.74) is 3.55. The number of aryl methyl sites for hydroxylation is 3. The molecule has 2 aromatic rings. The highest BCUT2D eigenvalue weighted by Crippen LogP contribution is 2.17. The molecule has 0 spiro atoms. The van der Waals surface area contributed by atoms with Gasteiger partial charge < -0.3 is 0 Å². The minimum Gasteiger partial charge on any atom is -0.207 e. The summed E-state index contributed by atoms with van der Waals surface area (Å²) in [6, 6.07) is 9.62. The van der Waals surface area contributed by atoms with Gasteiger partial charge in [0.25, 0.3) is 0 Å². The Balaban J connectivity index is 2.23. The van der Waals surface area contributed by atoms with Crippen LogP contribution in [0.25, 0.3) is 0 Å². The Morgan fingerprint density at radius 2 is 1.62 bits per heavy atom. The van der Waals surface area contributed by atoms with Crippen LogP contribution in [0.5, 0.6) is 0 Å². The molecule has 0 aliphatic heterocycles. The molecular formula is C16H18FNO2S. The standard InChI is InChI=1S/C16H18FNO2S/c1-11-6-12(2)8-14(7-11)10-18-21(19,20)16-9-15(17)5-4-13(16)3/h4-9,18H,10H2,1-3H3. The smallest absolute Gasteiger partial charge is 0.207 e. The first-order chi connectivity index (χ1) is 9.78. The number of halogens is 1. The van der Waals surface area contributed by atoms with Gasteiger partial charge in [0.1, 0.15) is 5.82 Å². The lowest BCUT2D eigenvalue weighted by Crippen LogP contribution is -2.24. The highest BCUT2D eigenvalue weighted by atomic mass is 32.2. The molecule has 0 saturated heterocycles. The second kappa shape index (κ2) is 5.95. The normalized spacial score (nSPS) is 11.6. The molecule has 21 heavy (non-hydrogen) atoms. The maximum Gasteiger partial charge on any atom is 0.241 e. The van der Waals surface area contributed by atoms with Gasteiger partial charge in [-0.2, -0.15) is 0 Å². The van der Waals surface area contributed by atoms with Crippen molar-refractivity contribution in [3.63, 3.8) is 0 Å². The molecule has 2 rings (SSSR count). The minimum absolute atomic E-state index is 0.0214. The molecule has 0 aromatic heterocycles. The van der Waals surface area contributed by atoms with Crippen molar-refractivity contribution in [3.05, 3.63) is 64.5 Å². The number of hydrogen-bond donors (Lipinski definition) is 1. The molecule has 0 radical (unpaired) electrons. The Bertz CT molecular complexity index is 750. The summed E-state index contributed by atoms with van der Waals surface area (Å²) in [6.45, 7) is 5.75. The second-order valence-electron chi connectivity index (χ2n) is 5.23. The van der Waals surface area contributed by atoms with Crippen LogP contribution < -0.4 is 4.72 Å². The molecule has 2 aromatic carbocycles. The van der Waals surface area contributed by atoms with E-state index in [4.69, 9.17) is 0 Å². The maximum atomic E-state index is 13.3. The predicted octanol–water partition coefficient (Wildman–Crippen LogP) is 3.23. The van der Waals surface area contributed by atoms with Crippen molar-refractivity contribution < 1.29 is 12.8 Å². The molecule has 0 saturated carbocycles. The van der Waals surface area contributed by atoms with E-state index in [1.165, 1.54) is 12.1 Å². The van der Waals surface area contributed by atoms with Crippen LogP contribution in [0, 0.1) is 26.6 Å². The summed E-state index contributed by atoms with van der Waals surface area (Å²) < 4.78 is 40.3. The second-order valence-corrected chi connectivity index (χ2v) is 6.97. The molecule has 0 heterocycles. The van der Waals surface area contributed by atoms with Crippen molar-refractivity contribution in [2.75, 3.05) is 0 Å². The van der Waals surface area contributed by atoms with Gasteiger partial charge in [0.05, 0.1) is 4.90 Å². The molecule has 0 amide bonds. The summed E-state index contributed by atoms with van der Waals surface area (Å²) in [6.07, 6.45) is 0. The van der Waals surface area contributed by atoms with Crippen LogP contribution in [-0.2, 0) is 16.6 Å². The summed E-state index contributed by atoms with van der Waals surface area (Å²) in [5, 5.41) is 0. The molecular weight excluding hydrogens is 289 g/mol. The van der Waals surface area contributed by atoms with E-state index in [1.54, 1.807) is 6.92 Å². The van der Waals surface area contributed by atoms with Gasteiger partial charge in [-0.05, 0) is 44.0 Å². The number of sulfonamides is 1. The minimum atomic E-state index is -3.73. The Labute approximate surface area is 124 Å². The number of hydrogen-bond acceptors (Lipinski definition) is 2. The SMILES string of the molecule is Cc1cc(C)cc(CNS(=O)(=O)c2cc(F)ccc2C)c1. The van der Waals surface area contributed by atoms with Crippen molar-refractivity contribution in [3.8, 4) is 0 Å². The lowest BCUT2D eigenvalue weighted by Gasteiger charge is -2.10. The third-order valence-corrected chi connectivity index (χ3v) is 4.73. The molecule has 0 unspecified atom stereocenters. The topological polar surface area (TPSA) is 46.2 Å². The van der Waals surface area contributed by atoms with Crippen LogP contribution in [0.4, 0.5) is 4.39 Å². The zero-order valence-electron chi connectivity index (χ0n) is 12.3. The summed E-state index contributed by atoms with van der Waals surface area (Å²) in [4.78, 5) is -0.0214. The third kappa shape index (κ3) is 3.89. The first-order valence-electron chi connectivity index (χ1n) is 6.61. The molecule has 0 bridgehead atoms. The van der Waals surface area contributed by atoms with Crippen molar-refractivity contribution in [2.45, 2.75) is 32.2 Å². The molecule has 5 heteroatoms. The van der Waals surface area contributed by atoms with E-state index in [9.17, 15) is 12.8 Å². The van der Waals surface area contributed by atoms with E-state index in [1.807, 2.05) is 32.0 Å². The van der Waals surface area contributed by atoms with Gasteiger partial charge in [0, 0.05) is 6.54 Å². The summed E-state index contributed by atoms with van der Waals surface area (Å²) in [5.74, 6) is -0.563. The van der Waals surface area contributed by atoms with Crippen molar-refractivity contribution in [1.29, 1.82) is 0 Å². The Morgan fingerprint density at radius 3 is 2.24 bits per heavy atom. The fourth-order valence-corrected chi connectivity index (χ4v) is 3.56. The molecule has 0 atom stereocenters. The lowest BCUT2D eigenvalue weighted by molar-refractivity contribution is 0.576. The van der Waals surface area contributed by atoms with E-state index in [0.29, 0.717) is 5.56 Å². The molecule has 3 nitrogen and oxygen atoms in total. The van der Waals surface area contributed by atoms with E-state index in [0.717, 1.165) is 22.8 Å². The predicted molar refractivity (Wildman–Crippen MR) is 81.1 cm³/mol. The van der Waals surface area contributed by atoms with Crippen LogP contribution in [0.1, 0.15) is 22.3 Å². The maximum absolute atomic E-state index is 13.3. The zero-order valence-corrected chi connectivity index (χ0v) is 13.1. The number of rotatable bonds is 4. The van der Waals surface area contributed by atoms with Crippen LogP contribution >= 0.6 is 0 Å².